The van der Waals surface area contributed by atoms with Gasteiger partial charge in [-0.25, -0.2) is 0 Å². The summed E-state index contributed by atoms with van der Waals surface area (Å²) in [6.45, 7) is 4.74. The zero-order chi connectivity index (χ0) is 35.5. The molecule has 1 aromatic heterocycles. The molecule has 10 rings (SSSR count). The lowest BCUT2D eigenvalue weighted by atomic mass is 9.81. The molecule has 0 bridgehead atoms. The standard InChI is InChI=1S/C51H36N2/c1-51(2)47-33-36(25-29-43(47)45-30-31-46-44-20-12-13-21-48(44)53(50(46)49(45)51)41-18-10-5-11-19-41)23-22-35-24-26-38-34-42(28-27-37(38)32-35)52(39-14-6-3-7-15-39)40-16-8-4-9-17-40/h3-21,24-34H,1-2H3. The Labute approximate surface area is 310 Å². The van der Waals surface area contributed by atoms with Crippen molar-refractivity contribution < 1.29 is 0 Å². The van der Waals surface area contributed by atoms with E-state index in [2.05, 4.69) is 217 Å². The Morgan fingerprint density at radius 3 is 1.79 bits per heavy atom. The van der Waals surface area contributed by atoms with E-state index in [9.17, 15) is 0 Å². The van der Waals surface area contributed by atoms with E-state index in [4.69, 9.17) is 0 Å². The summed E-state index contributed by atoms with van der Waals surface area (Å²) < 4.78 is 2.46. The number of aromatic nitrogens is 1. The molecule has 0 fully saturated rings. The summed E-state index contributed by atoms with van der Waals surface area (Å²) in [6.07, 6.45) is 0. The fourth-order valence-electron chi connectivity index (χ4n) is 8.46. The van der Waals surface area contributed by atoms with Crippen LogP contribution in [0.4, 0.5) is 17.1 Å². The van der Waals surface area contributed by atoms with Crippen LogP contribution in [0.25, 0.3) is 49.4 Å². The summed E-state index contributed by atoms with van der Waals surface area (Å²) in [7, 11) is 0. The molecule has 1 heterocycles. The maximum absolute atomic E-state index is 3.52. The lowest BCUT2D eigenvalue weighted by molar-refractivity contribution is 0.663. The van der Waals surface area contributed by atoms with Crippen LogP contribution in [0, 0.1) is 11.8 Å². The van der Waals surface area contributed by atoms with Crippen molar-refractivity contribution in [2.45, 2.75) is 19.3 Å². The van der Waals surface area contributed by atoms with Crippen LogP contribution in [-0.4, -0.2) is 4.57 Å². The maximum atomic E-state index is 3.52. The van der Waals surface area contributed by atoms with Gasteiger partial charge >= 0.3 is 0 Å². The molecule has 0 spiro atoms. The topological polar surface area (TPSA) is 8.17 Å². The number of benzene rings is 8. The third-order valence-electron chi connectivity index (χ3n) is 10.9. The smallest absolute Gasteiger partial charge is 0.0588 e. The molecule has 9 aromatic rings. The second-order valence-corrected chi connectivity index (χ2v) is 14.5. The summed E-state index contributed by atoms with van der Waals surface area (Å²) in [5.74, 6) is 7.02. The Hall–Kier alpha value is -6.82. The van der Waals surface area contributed by atoms with Crippen molar-refractivity contribution in [3.05, 3.63) is 204 Å². The zero-order valence-electron chi connectivity index (χ0n) is 29.7. The predicted molar refractivity (Wildman–Crippen MR) is 223 cm³/mol. The molecule has 0 saturated carbocycles. The van der Waals surface area contributed by atoms with Gasteiger partial charge in [-0.15, -0.1) is 0 Å². The molecule has 0 saturated heterocycles. The summed E-state index contributed by atoms with van der Waals surface area (Å²) in [4.78, 5) is 2.30. The first kappa shape index (κ1) is 31.0. The SMILES string of the molecule is CC1(C)c2cc(C#Cc3ccc4cc(N(c5ccccc5)c5ccccc5)ccc4c3)ccc2-c2ccc3c4ccccc4n(-c4ccccc4)c3c21. The molecule has 0 N–H and O–H groups in total. The summed E-state index contributed by atoms with van der Waals surface area (Å²) in [6, 6.07) is 65.3. The number of hydrogen-bond donors (Lipinski definition) is 0. The molecular formula is C51H36N2. The molecule has 53 heavy (non-hydrogen) atoms. The third kappa shape index (κ3) is 5.05. The summed E-state index contributed by atoms with van der Waals surface area (Å²) in [5, 5.41) is 4.93. The minimum absolute atomic E-state index is 0.211. The largest absolute Gasteiger partial charge is 0.310 e. The van der Waals surface area contributed by atoms with E-state index in [-0.39, 0.29) is 5.41 Å². The Morgan fingerprint density at radius 2 is 1.06 bits per heavy atom. The van der Waals surface area contributed by atoms with Gasteiger partial charge in [0.2, 0.25) is 0 Å². The zero-order valence-corrected chi connectivity index (χ0v) is 29.7. The van der Waals surface area contributed by atoms with Crippen molar-refractivity contribution in [1.82, 2.24) is 4.57 Å². The lowest BCUT2D eigenvalue weighted by Crippen LogP contribution is -2.16. The molecule has 0 amide bonds. The highest BCUT2D eigenvalue weighted by Gasteiger charge is 2.38. The van der Waals surface area contributed by atoms with Gasteiger partial charge in [0, 0.05) is 50.1 Å². The van der Waals surface area contributed by atoms with Crippen molar-refractivity contribution in [2.75, 3.05) is 4.90 Å². The summed E-state index contributed by atoms with van der Waals surface area (Å²) in [5.41, 5.74) is 14.2. The van der Waals surface area contributed by atoms with Gasteiger partial charge < -0.3 is 9.47 Å². The number of rotatable bonds is 4. The number of para-hydroxylation sites is 4. The molecule has 250 valence electrons. The second-order valence-electron chi connectivity index (χ2n) is 14.5. The van der Waals surface area contributed by atoms with Crippen LogP contribution in [0.3, 0.4) is 0 Å². The predicted octanol–water partition coefficient (Wildman–Crippen LogP) is 13.1. The minimum Gasteiger partial charge on any atom is -0.310 e. The highest BCUT2D eigenvalue weighted by atomic mass is 15.1. The normalized spacial score (nSPS) is 12.7. The van der Waals surface area contributed by atoms with Crippen LogP contribution < -0.4 is 4.90 Å². The fraction of sp³-hybridized carbons (Fsp3) is 0.0588. The van der Waals surface area contributed by atoms with E-state index >= 15 is 0 Å². The molecule has 1 aliphatic carbocycles. The molecule has 0 radical (unpaired) electrons. The van der Waals surface area contributed by atoms with E-state index in [0.29, 0.717) is 0 Å². The van der Waals surface area contributed by atoms with Crippen molar-refractivity contribution in [3.8, 4) is 28.7 Å². The van der Waals surface area contributed by atoms with Crippen LogP contribution >= 0.6 is 0 Å². The average Bonchev–Trinajstić information content (AvgIpc) is 3.66. The molecule has 0 unspecified atom stereocenters. The van der Waals surface area contributed by atoms with Gasteiger partial charge in [-0.3, -0.25) is 0 Å². The maximum Gasteiger partial charge on any atom is 0.0588 e. The highest BCUT2D eigenvalue weighted by molar-refractivity contribution is 6.13. The van der Waals surface area contributed by atoms with Crippen LogP contribution in [0.5, 0.6) is 0 Å². The van der Waals surface area contributed by atoms with E-state index in [1.54, 1.807) is 0 Å². The molecule has 8 aromatic carbocycles. The van der Waals surface area contributed by atoms with Gasteiger partial charge in [-0.2, -0.15) is 0 Å². The molecular weight excluding hydrogens is 641 g/mol. The second kappa shape index (κ2) is 12.2. The first-order chi connectivity index (χ1) is 26.0. The minimum atomic E-state index is -0.211. The Balaban J connectivity index is 1.01. The van der Waals surface area contributed by atoms with Crippen molar-refractivity contribution in [2.24, 2.45) is 0 Å². The van der Waals surface area contributed by atoms with Crippen LogP contribution in [0.2, 0.25) is 0 Å². The van der Waals surface area contributed by atoms with Crippen LogP contribution in [0.1, 0.15) is 36.1 Å². The van der Waals surface area contributed by atoms with E-state index in [1.165, 1.54) is 60.5 Å². The molecule has 0 aliphatic heterocycles. The fourth-order valence-corrected chi connectivity index (χ4v) is 8.46. The molecule has 0 atom stereocenters. The molecule has 1 aliphatic rings. The molecule has 2 heteroatoms. The lowest BCUT2D eigenvalue weighted by Gasteiger charge is -2.25. The monoisotopic (exact) mass is 676 g/mol. The van der Waals surface area contributed by atoms with Gasteiger partial charge in [-0.05, 0) is 112 Å². The van der Waals surface area contributed by atoms with Gasteiger partial charge in [-0.1, -0.05) is 129 Å². The number of fused-ring (bicyclic) bond motifs is 8. The number of nitrogens with zero attached hydrogens (tertiary/aromatic N) is 2. The van der Waals surface area contributed by atoms with Gasteiger partial charge in [0.05, 0.1) is 11.0 Å². The van der Waals surface area contributed by atoms with Gasteiger partial charge in [0.15, 0.2) is 0 Å². The molecule has 2 nitrogen and oxygen atoms in total. The van der Waals surface area contributed by atoms with Crippen molar-refractivity contribution in [3.63, 3.8) is 0 Å². The average molecular weight is 677 g/mol. The first-order valence-electron chi connectivity index (χ1n) is 18.3. The van der Waals surface area contributed by atoms with E-state index in [1.807, 2.05) is 0 Å². The summed E-state index contributed by atoms with van der Waals surface area (Å²) >= 11 is 0. The van der Waals surface area contributed by atoms with Crippen LogP contribution in [-0.2, 0) is 5.41 Å². The van der Waals surface area contributed by atoms with Gasteiger partial charge in [0.1, 0.15) is 0 Å². The quantitative estimate of drug-likeness (QED) is 0.168. The number of hydrogen-bond acceptors (Lipinski definition) is 1. The van der Waals surface area contributed by atoms with Crippen LogP contribution in [0.15, 0.2) is 182 Å². The number of anilines is 3. The Kier molecular flexibility index (Phi) is 7.10. The Morgan fingerprint density at radius 1 is 0.472 bits per heavy atom. The van der Waals surface area contributed by atoms with E-state index in [0.717, 1.165) is 28.2 Å². The van der Waals surface area contributed by atoms with Crippen molar-refractivity contribution >= 4 is 49.6 Å². The third-order valence-corrected chi connectivity index (χ3v) is 10.9. The van der Waals surface area contributed by atoms with E-state index < -0.39 is 0 Å². The van der Waals surface area contributed by atoms with Crippen molar-refractivity contribution in [1.29, 1.82) is 0 Å². The highest BCUT2D eigenvalue weighted by Crippen LogP contribution is 2.53. The van der Waals surface area contributed by atoms with Gasteiger partial charge in [0.25, 0.3) is 0 Å². The first-order valence-corrected chi connectivity index (χ1v) is 18.3. The Bertz CT molecular complexity index is 2870.